The van der Waals surface area contributed by atoms with Crippen LogP contribution >= 0.6 is 0 Å². The molecular formula is C19H19N7O. The first kappa shape index (κ1) is 16.9. The number of nitrogens with zero attached hydrogens (tertiary/aromatic N) is 5. The van der Waals surface area contributed by atoms with Crippen molar-refractivity contribution in [2.45, 2.75) is 6.04 Å². The standard InChI is InChI=1S/C19H19N7O/c1-26(19-22-9-14-16(20)23-18(21)24-17(14)25-19)15(10-27)13-8-4-6-11-5-2-3-7-12(11)13/h2-9,15,27H,10H2,1H3,(H4,20,21,22,23,24,25). The Kier molecular flexibility index (Phi) is 4.17. The number of nitrogen functional groups attached to an aromatic ring is 2. The number of hydrogen-bond acceptors (Lipinski definition) is 8. The first-order valence-electron chi connectivity index (χ1n) is 8.45. The lowest BCUT2D eigenvalue weighted by atomic mass is 9.98. The van der Waals surface area contributed by atoms with Gasteiger partial charge in [-0.3, -0.25) is 0 Å². The molecule has 0 fully saturated rings. The smallest absolute Gasteiger partial charge is 0.227 e. The third-order valence-corrected chi connectivity index (χ3v) is 4.63. The van der Waals surface area contributed by atoms with Gasteiger partial charge in [-0.05, 0) is 16.3 Å². The van der Waals surface area contributed by atoms with Crippen LogP contribution in [0.2, 0.25) is 0 Å². The van der Waals surface area contributed by atoms with Crippen LogP contribution < -0.4 is 16.4 Å². The molecule has 2 aromatic heterocycles. The number of hydrogen-bond donors (Lipinski definition) is 3. The molecule has 5 N–H and O–H groups in total. The molecule has 27 heavy (non-hydrogen) atoms. The average molecular weight is 361 g/mol. The van der Waals surface area contributed by atoms with E-state index >= 15 is 0 Å². The van der Waals surface area contributed by atoms with Crippen molar-refractivity contribution in [2.24, 2.45) is 0 Å². The summed E-state index contributed by atoms with van der Waals surface area (Å²) in [4.78, 5) is 18.7. The highest BCUT2D eigenvalue weighted by atomic mass is 16.3. The van der Waals surface area contributed by atoms with Crippen LogP contribution in [0.1, 0.15) is 11.6 Å². The minimum Gasteiger partial charge on any atom is -0.394 e. The highest BCUT2D eigenvalue weighted by molar-refractivity contribution is 5.87. The number of aliphatic hydroxyl groups excluding tert-OH is 1. The summed E-state index contributed by atoms with van der Waals surface area (Å²) in [6.45, 7) is -0.0973. The van der Waals surface area contributed by atoms with Crippen molar-refractivity contribution in [3.05, 3.63) is 54.2 Å². The first-order valence-corrected chi connectivity index (χ1v) is 8.45. The number of fused-ring (bicyclic) bond motifs is 2. The molecule has 0 radical (unpaired) electrons. The van der Waals surface area contributed by atoms with Gasteiger partial charge in [-0.1, -0.05) is 42.5 Å². The predicted octanol–water partition coefficient (Wildman–Crippen LogP) is 1.91. The van der Waals surface area contributed by atoms with Gasteiger partial charge in [-0.2, -0.15) is 15.0 Å². The number of likely N-dealkylation sites (N-methyl/N-ethyl adjacent to an activating group) is 1. The molecule has 8 heteroatoms. The normalized spacial score (nSPS) is 12.4. The van der Waals surface area contributed by atoms with Crippen LogP contribution in [0.25, 0.3) is 21.8 Å². The van der Waals surface area contributed by atoms with Crippen molar-refractivity contribution in [3.63, 3.8) is 0 Å². The summed E-state index contributed by atoms with van der Waals surface area (Å²) in [7, 11) is 1.83. The summed E-state index contributed by atoms with van der Waals surface area (Å²) in [5.74, 6) is 0.700. The summed E-state index contributed by atoms with van der Waals surface area (Å²) >= 11 is 0. The van der Waals surface area contributed by atoms with Gasteiger partial charge >= 0.3 is 0 Å². The van der Waals surface area contributed by atoms with E-state index in [2.05, 4.69) is 19.9 Å². The molecule has 1 unspecified atom stereocenters. The molecular weight excluding hydrogens is 342 g/mol. The van der Waals surface area contributed by atoms with Crippen LogP contribution in [0.15, 0.2) is 48.7 Å². The van der Waals surface area contributed by atoms with E-state index in [1.54, 1.807) is 6.20 Å². The van der Waals surface area contributed by atoms with Gasteiger partial charge in [0.1, 0.15) is 5.82 Å². The second-order valence-electron chi connectivity index (χ2n) is 6.25. The molecule has 2 aromatic carbocycles. The summed E-state index contributed by atoms with van der Waals surface area (Å²) < 4.78 is 0. The fourth-order valence-corrected chi connectivity index (χ4v) is 3.23. The van der Waals surface area contributed by atoms with E-state index in [-0.39, 0.29) is 24.4 Å². The Bertz CT molecular complexity index is 1130. The maximum Gasteiger partial charge on any atom is 0.227 e. The van der Waals surface area contributed by atoms with Gasteiger partial charge < -0.3 is 21.5 Å². The molecule has 1 atom stereocenters. The summed E-state index contributed by atoms with van der Waals surface area (Å²) in [6.07, 6.45) is 1.57. The number of rotatable bonds is 4. The quantitative estimate of drug-likeness (QED) is 0.503. The second-order valence-corrected chi connectivity index (χ2v) is 6.25. The van der Waals surface area contributed by atoms with Crippen LogP contribution in [0, 0.1) is 0 Å². The average Bonchev–Trinajstić information content (AvgIpc) is 2.68. The number of aliphatic hydroxyl groups is 1. The third-order valence-electron chi connectivity index (χ3n) is 4.63. The van der Waals surface area contributed by atoms with Crippen LogP contribution in [-0.4, -0.2) is 38.7 Å². The summed E-state index contributed by atoms with van der Waals surface area (Å²) in [5, 5.41) is 12.8. The van der Waals surface area contributed by atoms with Gasteiger partial charge in [-0.25, -0.2) is 4.98 Å². The van der Waals surface area contributed by atoms with Gasteiger partial charge in [0.25, 0.3) is 0 Å². The van der Waals surface area contributed by atoms with Crippen molar-refractivity contribution in [2.75, 3.05) is 30.0 Å². The Hall–Kier alpha value is -3.52. The zero-order chi connectivity index (χ0) is 19.0. The number of benzene rings is 2. The molecule has 0 amide bonds. The fourth-order valence-electron chi connectivity index (χ4n) is 3.23. The first-order chi connectivity index (χ1) is 13.1. The minimum absolute atomic E-state index is 0.0556. The lowest BCUT2D eigenvalue weighted by Gasteiger charge is -2.28. The van der Waals surface area contributed by atoms with E-state index < -0.39 is 0 Å². The largest absolute Gasteiger partial charge is 0.394 e. The molecule has 2 heterocycles. The zero-order valence-electron chi connectivity index (χ0n) is 14.7. The summed E-state index contributed by atoms with van der Waals surface area (Å²) in [5.41, 5.74) is 12.9. The Balaban J connectivity index is 1.80. The topological polar surface area (TPSA) is 127 Å². The molecule has 0 saturated heterocycles. The zero-order valence-corrected chi connectivity index (χ0v) is 14.7. The number of anilines is 3. The lowest BCUT2D eigenvalue weighted by molar-refractivity contribution is 0.264. The lowest BCUT2D eigenvalue weighted by Crippen LogP contribution is -2.29. The van der Waals surface area contributed by atoms with Crippen LogP contribution in [0.3, 0.4) is 0 Å². The molecule has 0 aliphatic heterocycles. The molecule has 136 valence electrons. The van der Waals surface area contributed by atoms with Crippen molar-refractivity contribution >= 4 is 39.5 Å². The SMILES string of the molecule is CN(c1ncc2c(N)nc(N)nc2n1)C(CO)c1cccc2ccccc12. The fraction of sp³-hybridized carbons (Fsp3) is 0.158. The minimum atomic E-state index is -0.329. The maximum atomic E-state index is 10.1. The van der Waals surface area contributed by atoms with Crippen molar-refractivity contribution in [1.82, 2.24) is 19.9 Å². The van der Waals surface area contributed by atoms with Gasteiger partial charge in [0.05, 0.1) is 18.0 Å². The third kappa shape index (κ3) is 2.96. The van der Waals surface area contributed by atoms with Gasteiger partial charge in [0, 0.05) is 13.2 Å². The Morgan fingerprint density at radius 1 is 1.00 bits per heavy atom. The molecule has 4 rings (SSSR count). The molecule has 0 aliphatic rings. The van der Waals surface area contributed by atoms with Crippen LogP contribution in [-0.2, 0) is 0 Å². The van der Waals surface area contributed by atoms with E-state index in [0.29, 0.717) is 17.0 Å². The van der Waals surface area contributed by atoms with Crippen LogP contribution in [0.4, 0.5) is 17.7 Å². The van der Waals surface area contributed by atoms with Gasteiger partial charge in [-0.15, -0.1) is 0 Å². The Labute approximate surface area is 155 Å². The van der Waals surface area contributed by atoms with E-state index in [9.17, 15) is 5.11 Å². The predicted molar refractivity (Wildman–Crippen MR) is 106 cm³/mol. The van der Waals surface area contributed by atoms with Gasteiger partial charge in [0.15, 0.2) is 5.65 Å². The van der Waals surface area contributed by atoms with Crippen molar-refractivity contribution < 1.29 is 5.11 Å². The van der Waals surface area contributed by atoms with Crippen LogP contribution in [0.5, 0.6) is 0 Å². The second kappa shape index (κ2) is 6.65. The van der Waals surface area contributed by atoms with E-state index in [1.165, 1.54) is 0 Å². The Morgan fingerprint density at radius 2 is 1.78 bits per heavy atom. The number of nitrogens with two attached hydrogens (primary N) is 2. The molecule has 0 spiro atoms. The van der Waals surface area contributed by atoms with E-state index in [4.69, 9.17) is 11.5 Å². The molecule has 0 bridgehead atoms. The summed E-state index contributed by atoms with van der Waals surface area (Å²) in [6, 6.07) is 13.7. The highest BCUT2D eigenvalue weighted by Crippen LogP contribution is 2.30. The van der Waals surface area contributed by atoms with Crippen molar-refractivity contribution in [3.8, 4) is 0 Å². The molecule has 0 aliphatic carbocycles. The molecule has 4 aromatic rings. The van der Waals surface area contributed by atoms with Gasteiger partial charge in [0.2, 0.25) is 11.9 Å². The number of aromatic nitrogens is 4. The molecule has 0 saturated carbocycles. The van der Waals surface area contributed by atoms with Crippen molar-refractivity contribution in [1.29, 1.82) is 0 Å². The molecule has 8 nitrogen and oxygen atoms in total. The maximum absolute atomic E-state index is 10.1. The van der Waals surface area contributed by atoms with E-state index in [1.807, 2.05) is 54.4 Å². The Morgan fingerprint density at radius 3 is 2.59 bits per heavy atom. The van der Waals surface area contributed by atoms with E-state index in [0.717, 1.165) is 16.3 Å². The monoisotopic (exact) mass is 361 g/mol. The highest BCUT2D eigenvalue weighted by Gasteiger charge is 2.21.